The van der Waals surface area contributed by atoms with Crippen molar-refractivity contribution in [2.75, 3.05) is 6.54 Å². The van der Waals surface area contributed by atoms with Crippen LogP contribution in [0.2, 0.25) is 0 Å². The Hall–Kier alpha value is -0.640. The van der Waals surface area contributed by atoms with Crippen molar-refractivity contribution in [3.05, 3.63) is 33.8 Å². The van der Waals surface area contributed by atoms with Gasteiger partial charge in [-0.1, -0.05) is 32.8 Å². The molecular formula is C15H21NS2. The van der Waals surface area contributed by atoms with E-state index in [0.29, 0.717) is 0 Å². The van der Waals surface area contributed by atoms with Crippen molar-refractivity contribution in [2.24, 2.45) is 5.92 Å². The highest BCUT2D eigenvalue weighted by atomic mass is 32.1. The van der Waals surface area contributed by atoms with Crippen LogP contribution in [0, 0.1) is 5.92 Å². The smallest absolute Gasteiger partial charge is 0.0351 e. The van der Waals surface area contributed by atoms with Gasteiger partial charge in [-0.15, -0.1) is 22.7 Å². The van der Waals surface area contributed by atoms with Crippen LogP contribution in [-0.2, 0) is 6.54 Å². The molecule has 0 spiro atoms. The summed E-state index contributed by atoms with van der Waals surface area (Å²) in [6, 6.07) is 6.62. The van der Waals surface area contributed by atoms with Gasteiger partial charge in [0, 0.05) is 21.9 Å². The molecule has 1 N–H and O–H groups in total. The Labute approximate surface area is 118 Å². The standard InChI is InChI=1S/C15H21NS2/c1-3-12(4-2)9-16-10-14-8-13(11-18-14)15-6-5-7-17-15/h5-8,11-12,16H,3-4,9-10H2,1-2H3. The fourth-order valence-corrected chi connectivity index (χ4v) is 3.67. The Morgan fingerprint density at radius 2 is 2.06 bits per heavy atom. The summed E-state index contributed by atoms with van der Waals surface area (Å²) in [7, 11) is 0. The minimum Gasteiger partial charge on any atom is -0.312 e. The summed E-state index contributed by atoms with van der Waals surface area (Å²) in [5.74, 6) is 0.821. The molecule has 0 amide bonds. The lowest BCUT2D eigenvalue weighted by molar-refractivity contribution is 0.450. The predicted octanol–water partition coefficient (Wildman–Crippen LogP) is 5.00. The second-order valence-electron chi connectivity index (χ2n) is 4.59. The highest BCUT2D eigenvalue weighted by molar-refractivity contribution is 7.14. The number of hydrogen-bond donors (Lipinski definition) is 1. The molecule has 2 aromatic rings. The summed E-state index contributed by atoms with van der Waals surface area (Å²) >= 11 is 3.67. The molecule has 0 bridgehead atoms. The summed E-state index contributed by atoms with van der Waals surface area (Å²) < 4.78 is 0. The van der Waals surface area contributed by atoms with Gasteiger partial charge >= 0.3 is 0 Å². The van der Waals surface area contributed by atoms with Crippen molar-refractivity contribution in [2.45, 2.75) is 33.2 Å². The Bertz CT molecular complexity index is 441. The first kappa shape index (κ1) is 13.8. The zero-order chi connectivity index (χ0) is 12.8. The molecule has 0 aliphatic heterocycles. The van der Waals surface area contributed by atoms with Crippen LogP contribution < -0.4 is 5.32 Å². The van der Waals surface area contributed by atoms with Gasteiger partial charge in [0.25, 0.3) is 0 Å². The summed E-state index contributed by atoms with van der Waals surface area (Å²) in [5, 5.41) is 7.98. The van der Waals surface area contributed by atoms with Crippen LogP contribution in [0.1, 0.15) is 31.6 Å². The average Bonchev–Trinajstić information content (AvgIpc) is 3.05. The number of nitrogens with one attached hydrogen (secondary N) is 1. The van der Waals surface area contributed by atoms with Crippen molar-refractivity contribution in [3.8, 4) is 10.4 Å². The Kier molecular flexibility index (Phi) is 5.42. The highest BCUT2D eigenvalue weighted by Gasteiger charge is 2.05. The second kappa shape index (κ2) is 7.07. The first-order valence-electron chi connectivity index (χ1n) is 6.65. The van der Waals surface area contributed by atoms with E-state index in [4.69, 9.17) is 0 Å². The highest BCUT2D eigenvalue weighted by Crippen LogP contribution is 2.29. The topological polar surface area (TPSA) is 12.0 Å². The van der Waals surface area contributed by atoms with Gasteiger partial charge in [-0.2, -0.15) is 0 Å². The van der Waals surface area contributed by atoms with Gasteiger partial charge in [0.15, 0.2) is 0 Å². The summed E-state index contributed by atoms with van der Waals surface area (Å²) in [4.78, 5) is 2.81. The number of hydrogen-bond acceptors (Lipinski definition) is 3. The SMILES string of the molecule is CCC(CC)CNCc1cc(-c2cccs2)cs1. The number of thiophene rings is 2. The fourth-order valence-electron chi connectivity index (χ4n) is 2.02. The molecular weight excluding hydrogens is 258 g/mol. The molecule has 0 aliphatic carbocycles. The average molecular weight is 279 g/mol. The summed E-state index contributed by atoms with van der Waals surface area (Å²) in [6.07, 6.45) is 2.54. The maximum Gasteiger partial charge on any atom is 0.0351 e. The molecule has 0 atom stereocenters. The maximum atomic E-state index is 3.58. The molecule has 0 unspecified atom stereocenters. The zero-order valence-electron chi connectivity index (χ0n) is 11.1. The van der Waals surface area contributed by atoms with E-state index < -0.39 is 0 Å². The lowest BCUT2D eigenvalue weighted by atomic mass is 10.0. The lowest BCUT2D eigenvalue weighted by Gasteiger charge is -2.12. The van der Waals surface area contributed by atoms with Crippen LogP contribution in [-0.4, -0.2) is 6.54 Å². The molecule has 98 valence electrons. The van der Waals surface area contributed by atoms with Crippen LogP contribution in [0.3, 0.4) is 0 Å². The molecule has 3 heteroatoms. The lowest BCUT2D eigenvalue weighted by Crippen LogP contribution is -2.21. The van der Waals surface area contributed by atoms with Gasteiger partial charge in [0.05, 0.1) is 0 Å². The van der Waals surface area contributed by atoms with Crippen LogP contribution in [0.25, 0.3) is 10.4 Å². The third kappa shape index (κ3) is 3.67. The molecule has 0 fully saturated rings. The largest absolute Gasteiger partial charge is 0.312 e. The first-order valence-corrected chi connectivity index (χ1v) is 8.41. The molecule has 18 heavy (non-hydrogen) atoms. The zero-order valence-corrected chi connectivity index (χ0v) is 12.7. The molecule has 2 heterocycles. The van der Waals surface area contributed by atoms with Crippen molar-refractivity contribution in [3.63, 3.8) is 0 Å². The van der Waals surface area contributed by atoms with Crippen LogP contribution >= 0.6 is 22.7 Å². The van der Waals surface area contributed by atoms with Crippen LogP contribution in [0.4, 0.5) is 0 Å². The van der Waals surface area contributed by atoms with Gasteiger partial charge in [0.1, 0.15) is 0 Å². The Morgan fingerprint density at radius 1 is 1.22 bits per heavy atom. The van der Waals surface area contributed by atoms with Gasteiger partial charge in [0.2, 0.25) is 0 Å². The third-order valence-electron chi connectivity index (χ3n) is 3.35. The number of rotatable bonds is 7. The van der Waals surface area contributed by atoms with Gasteiger partial charge in [-0.25, -0.2) is 0 Å². The van der Waals surface area contributed by atoms with E-state index in [1.165, 1.54) is 28.2 Å². The molecule has 2 rings (SSSR count). The van der Waals surface area contributed by atoms with E-state index in [2.05, 4.69) is 48.1 Å². The van der Waals surface area contributed by atoms with Crippen molar-refractivity contribution in [1.82, 2.24) is 5.32 Å². The fraction of sp³-hybridized carbons (Fsp3) is 0.467. The van der Waals surface area contributed by atoms with Gasteiger partial charge in [-0.05, 0) is 35.4 Å². The monoisotopic (exact) mass is 279 g/mol. The Morgan fingerprint density at radius 3 is 2.72 bits per heavy atom. The molecule has 2 aromatic heterocycles. The van der Waals surface area contributed by atoms with Crippen molar-refractivity contribution < 1.29 is 0 Å². The van der Waals surface area contributed by atoms with E-state index >= 15 is 0 Å². The molecule has 0 aromatic carbocycles. The maximum absolute atomic E-state index is 3.58. The molecule has 0 saturated heterocycles. The van der Waals surface area contributed by atoms with E-state index in [9.17, 15) is 0 Å². The van der Waals surface area contributed by atoms with E-state index in [1.54, 1.807) is 0 Å². The second-order valence-corrected chi connectivity index (χ2v) is 6.54. The van der Waals surface area contributed by atoms with Crippen molar-refractivity contribution >= 4 is 22.7 Å². The quantitative estimate of drug-likeness (QED) is 0.752. The van der Waals surface area contributed by atoms with Crippen LogP contribution in [0.15, 0.2) is 29.0 Å². The van der Waals surface area contributed by atoms with Gasteiger partial charge < -0.3 is 5.32 Å². The minimum absolute atomic E-state index is 0.821. The molecule has 0 saturated carbocycles. The normalized spacial score (nSPS) is 11.3. The predicted molar refractivity (Wildman–Crippen MR) is 83.4 cm³/mol. The minimum atomic E-state index is 0.821. The third-order valence-corrected chi connectivity index (χ3v) is 5.20. The molecule has 0 radical (unpaired) electrons. The first-order chi connectivity index (χ1) is 8.83. The molecule has 1 nitrogen and oxygen atoms in total. The van der Waals surface area contributed by atoms with E-state index in [1.807, 2.05) is 22.7 Å². The van der Waals surface area contributed by atoms with Gasteiger partial charge in [-0.3, -0.25) is 0 Å². The van der Waals surface area contributed by atoms with E-state index in [0.717, 1.165) is 19.0 Å². The Balaban J connectivity index is 1.84. The molecule has 0 aliphatic rings. The summed E-state index contributed by atoms with van der Waals surface area (Å²) in [6.45, 7) is 6.69. The van der Waals surface area contributed by atoms with Crippen LogP contribution in [0.5, 0.6) is 0 Å². The van der Waals surface area contributed by atoms with E-state index in [-0.39, 0.29) is 0 Å². The summed E-state index contributed by atoms with van der Waals surface area (Å²) in [5.41, 5.74) is 1.37. The van der Waals surface area contributed by atoms with Crippen molar-refractivity contribution in [1.29, 1.82) is 0 Å².